The molecule has 1 aromatic rings. The highest BCUT2D eigenvalue weighted by Crippen LogP contribution is 2.18. The van der Waals surface area contributed by atoms with E-state index >= 15 is 0 Å². The molecule has 104 valence electrons. The number of hydrogen-bond acceptors (Lipinski definition) is 5. The molecule has 0 bridgehead atoms. The number of rotatable bonds is 3. The molecule has 0 fully saturated rings. The van der Waals surface area contributed by atoms with Crippen molar-refractivity contribution in [1.29, 1.82) is 0 Å². The molecule has 1 rings (SSSR count). The third kappa shape index (κ3) is 4.69. The number of carbonyl (C=O) groups is 2. The van der Waals surface area contributed by atoms with Crippen LogP contribution >= 0.6 is 0 Å². The van der Waals surface area contributed by atoms with Crippen molar-refractivity contribution in [2.45, 2.75) is 26.4 Å². The van der Waals surface area contributed by atoms with Crippen molar-refractivity contribution >= 4 is 17.7 Å². The average Bonchev–Trinajstić information content (AvgIpc) is 2.28. The van der Waals surface area contributed by atoms with E-state index in [-0.39, 0.29) is 0 Å². The normalized spacial score (nSPS) is 10.9. The van der Waals surface area contributed by atoms with Gasteiger partial charge in [0.15, 0.2) is 0 Å². The largest absolute Gasteiger partial charge is 0.443 e. The molecule has 0 spiro atoms. The van der Waals surface area contributed by atoms with Gasteiger partial charge in [0.1, 0.15) is 12.2 Å². The van der Waals surface area contributed by atoms with Gasteiger partial charge in [-0.15, -0.1) is 0 Å². The highest BCUT2D eigenvalue weighted by atomic mass is 16.6. The summed E-state index contributed by atoms with van der Waals surface area (Å²) in [4.78, 5) is 29.1. The summed E-state index contributed by atoms with van der Waals surface area (Å²) in [7, 11) is 0. The molecule has 0 saturated carbocycles. The summed E-state index contributed by atoms with van der Waals surface area (Å²) in [5.74, 6) is 4.28. The lowest BCUT2D eigenvalue weighted by Crippen LogP contribution is -2.43. The van der Waals surface area contributed by atoms with E-state index in [2.05, 4.69) is 4.84 Å². The summed E-state index contributed by atoms with van der Waals surface area (Å²) < 4.78 is 5.19. The van der Waals surface area contributed by atoms with Gasteiger partial charge in [0, 0.05) is 0 Å². The molecule has 19 heavy (non-hydrogen) atoms. The van der Waals surface area contributed by atoms with E-state index in [0.717, 1.165) is 4.90 Å². The lowest BCUT2D eigenvalue weighted by Gasteiger charge is -2.25. The Labute approximate surface area is 112 Å². The SMILES string of the molecule is CC(C)(C)OC(=O)N(C(=O)CON)c1ccccc1. The molecule has 2 N–H and O–H groups in total. The van der Waals surface area contributed by atoms with E-state index < -0.39 is 24.2 Å². The zero-order chi connectivity index (χ0) is 14.5. The molecule has 0 radical (unpaired) electrons. The molecule has 0 aliphatic heterocycles. The standard InChI is InChI=1S/C13H18N2O4/c1-13(2,3)19-12(17)15(11(16)9-18-14)10-7-5-4-6-8-10/h4-8H,9,14H2,1-3H3. The van der Waals surface area contributed by atoms with Crippen LogP contribution in [-0.2, 0) is 14.4 Å². The Balaban J connectivity index is 3.00. The third-order valence-electron chi connectivity index (χ3n) is 2.05. The van der Waals surface area contributed by atoms with Gasteiger partial charge in [0.2, 0.25) is 0 Å². The summed E-state index contributed by atoms with van der Waals surface area (Å²) in [6.45, 7) is 4.75. The Hall–Kier alpha value is -1.92. The highest BCUT2D eigenvalue weighted by Gasteiger charge is 2.28. The van der Waals surface area contributed by atoms with Crippen LogP contribution < -0.4 is 10.8 Å². The van der Waals surface area contributed by atoms with E-state index in [0.29, 0.717) is 5.69 Å². The number of anilines is 1. The van der Waals surface area contributed by atoms with Crippen molar-refractivity contribution in [1.82, 2.24) is 0 Å². The number of para-hydroxylation sites is 1. The molecular weight excluding hydrogens is 248 g/mol. The summed E-state index contributed by atoms with van der Waals surface area (Å²) in [6.07, 6.45) is -0.763. The Morgan fingerprint density at radius 2 is 1.79 bits per heavy atom. The topological polar surface area (TPSA) is 81.9 Å². The Morgan fingerprint density at radius 1 is 1.21 bits per heavy atom. The second-order valence-electron chi connectivity index (χ2n) is 4.86. The lowest BCUT2D eigenvalue weighted by molar-refractivity contribution is -0.123. The first-order valence-electron chi connectivity index (χ1n) is 5.78. The minimum absolute atomic E-state index is 0.402. The molecule has 0 aromatic heterocycles. The fourth-order valence-electron chi connectivity index (χ4n) is 1.37. The van der Waals surface area contributed by atoms with Gasteiger partial charge >= 0.3 is 6.09 Å². The number of amides is 2. The first-order valence-corrected chi connectivity index (χ1v) is 5.78. The summed E-state index contributed by atoms with van der Waals surface area (Å²) in [6, 6.07) is 8.45. The van der Waals surface area contributed by atoms with Crippen LogP contribution in [0.2, 0.25) is 0 Å². The molecule has 6 heteroatoms. The lowest BCUT2D eigenvalue weighted by atomic mass is 10.2. The van der Waals surface area contributed by atoms with Gasteiger partial charge in [0.25, 0.3) is 5.91 Å². The maximum absolute atomic E-state index is 12.1. The highest BCUT2D eigenvalue weighted by molar-refractivity contribution is 6.12. The Morgan fingerprint density at radius 3 is 2.26 bits per heavy atom. The van der Waals surface area contributed by atoms with Crippen LogP contribution in [-0.4, -0.2) is 24.2 Å². The maximum atomic E-state index is 12.1. The zero-order valence-electron chi connectivity index (χ0n) is 11.3. The van der Waals surface area contributed by atoms with E-state index in [1.165, 1.54) is 0 Å². The van der Waals surface area contributed by atoms with E-state index in [4.69, 9.17) is 10.6 Å². The van der Waals surface area contributed by atoms with Crippen molar-refractivity contribution in [3.63, 3.8) is 0 Å². The van der Waals surface area contributed by atoms with Crippen LogP contribution in [0.25, 0.3) is 0 Å². The molecular formula is C13H18N2O4. The van der Waals surface area contributed by atoms with Gasteiger partial charge in [-0.3, -0.25) is 9.63 Å². The van der Waals surface area contributed by atoms with Crippen LogP contribution in [0.1, 0.15) is 20.8 Å². The van der Waals surface area contributed by atoms with Crippen LogP contribution in [0.15, 0.2) is 30.3 Å². The van der Waals surface area contributed by atoms with Gasteiger partial charge in [-0.1, -0.05) is 18.2 Å². The van der Waals surface area contributed by atoms with Crippen molar-refractivity contribution in [3.05, 3.63) is 30.3 Å². The van der Waals surface area contributed by atoms with Gasteiger partial charge in [-0.2, -0.15) is 0 Å². The second-order valence-corrected chi connectivity index (χ2v) is 4.86. The first kappa shape index (κ1) is 15.1. The monoisotopic (exact) mass is 266 g/mol. The van der Waals surface area contributed by atoms with Gasteiger partial charge in [-0.25, -0.2) is 15.6 Å². The van der Waals surface area contributed by atoms with Crippen molar-refractivity contribution in [2.75, 3.05) is 11.5 Å². The van der Waals surface area contributed by atoms with E-state index in [1.54, 1.807) is 51.1 Å². The van der Waals surface area contributed by atoms with Crippen molar-refractivity contribution in [2.24, 2.45) is 5.90 Å². The number of hydrogen-bond donors (Lipinski definition) is 1. The van der Waals surface area contributed by atoms with Crippen LogP contribution in [0.3, 0.4) is 0 Å². The number of benzene rings is 1. The number of nitrogens with two attached hydrogens (primary N) is 1. The third-order valence-corrected chi connectivity index (χ3v) is 2.05. The van der Waals surface area contributed by atoms with E-state index in [9.17, 15) is 9.59 Å². The number of imide groups is 1. The summed E-state index contributed by atoms with van der Waals surface area (Å²) in [5.41, 5.74) is -0.299. The molecule has 2 amide bonds. The Bertz CT molecular complexity index is 440. The van der Waals surface area contributed by atoms with Crippen molar-refractivity contribution < 1.29 is 19.2 Å². The Kier molecular flexibility index (Phi) is 5.02. The minimum Gasteiger partial charge on any atom is -0.443 e. The van der Waals surface area contributed by atoms with Crippen molar-refractivity contribution in [3.8, 4) is 0 Å². The number of ether oxygens (including phenoxy) is 1. The fraction of sp³-hybridized carbons (Fsp3) is 0.385. The molecule has 0 aliphatic rings. The summed E-state index contributed by atoms with van der Waals surface area (Å²) >= 11 is 0. The second kappa shape index (κ2) is 6.31. The zero-order valence-corrected chi connectivity index (χ0v) is 11.3. The van der Waals surface area contributed by atoms with Crippen LogP contribution in [0.4, 0.5) is 10.5 Å². The predicted molar refractivity (Wildman–Crippen MR) is 70.3 cm³/mol. The van der Waals surface area contributed by atoms with Gasteiger partial charge in [0.05, 0.1) is 5.69 Å². The average molecular weight is 266 g/mol. The predicted octanol–water partition coefficient (Wildman–Crippen LogP) is 1.84. The summed E-state index contributed by atoms with van der Waals surface area (Å²) in [5, 5.41) is 0. The first-order chi connectivity index (χ1) is 8.85. The molecule has 0 aliphatic carbocycles. The molecule has 0 atom stereocenters. The fourth-order valence-corrected chi connectivity index (χ4v) is 1.37. The molecule has 0 unspecified atom stereocenters. The molecule has 1 aromatic carbocycles. The van der Waals surface area contributed by atoms with Gasteiger partial charge < -0.3 is 4.74 Å². The van der Waals surface area contributed by atoms with Gasteiger partial charge in [-0.05, 0) is 32.9 Å². The minimum atomic E-state index is -0.763. The number of nitrogens with zero attached hydrogens (tertiary/aromatic N) is 1. The maximum Gasteiger partial charge on any atom is 0.421 e. The van der Waals surface area contributed by atoms with E-state index in [1.807, 2.05) is 0 Å². The van der Waals surface area contributed by atoms with Crippen LogP contribution in [0, 0.1) is 0 Å². The molecule has 0 heterocycles. The smallest absolute Gasteiger partial charge is 0.421 e. The van der Waals surface area contributed by atoms with Crippen LogP contribution in [0.5, 0.6) is 0 Å². The quantitative estimate of drug-likeness (QED) is 0.844. The number of carbonyl (C=O) groups excluding carboxylic acids is 2. The molecule has 0 saturated heterocycles. The molecule has 6 nitrogen and oxygen atoms in total.